The Hall–Kier alpha value is -0.900. The Balaban J connectivity index is 2.63. The predicted octanol–water partition coefficient (Wildman–Crippen LogP) is 3.39. The lowest BCUT2D eigenvalue weighted by Gasteiger charge is -2.26. The summed E-state index contributed by atoms with van der Waals surface area (Å²) in [6, 6.07) is 6.30. The van der Waals surface area contributed by atoms with Gasteiger partial charge in [-0.05, 0) is 38.0 Å². The summed E-state index contributed by atoms with van der Waals surface area (Å²) in [7, 11) is 0. The van der Waals surface area contributed by atoms with Crippen LogP contribution >= 0.6 is 15.9 Å². The molecule has 0 aliphatic rings. The molecule has 0 fully saturated rings. The van der Waals surface area contributed by atoms with Crippen molar-refractivity contribution in [2.45, 2.75) is 32.7 Å². The number of halogens is 2. The summed E-state index contributed by atoms with van der Waals surface area (Å²) in [5.74, 6) is -0.177. The molecule has 0 N–H and O–H groups in total. The fourth-order valence-corrected chi connectivity index (χ4v) is 2.03. The first kappa shape index (κ1) is 15.2. The maximum atomic E-state index is 12.8. The van der Waals surface area contributed by atoms with Crippen LogP contribution in [-0.4, -0.2) is 28.7 Å². The van der Waals surface area contributed by atoms with Gasteiger partial charge in [0.15, 0.2) is 0 Å². The van der Waals surface area contributed by atoms with Gasteiger partial charge in [0, 0.05) is 17.9 Å². The topological polar surface area (TPSA) is 20.3 Å². The number of carbonyl (C=O) groups is 1. The van der Waals surface area contributed by atoms with E-state index in [4.69, 9.17) is 0 Å². The van der Waals surface area contributed by atoms with Crippen molar-refractivity contribution in [3.05, 3.63) is 35.6 Å². The van der Waals surface area contributed by atoms with Crippen LogP contribution in [0.4, 0.5) is 4.39 Å². The van der Waals surface area contributed by atoms with Crippen LogP contribution in [0.15, 0.2) is 24.3 Å². The quantitative estimate of drug-likeness (QED) is 0.737. The third-order valence-electron chi connectivity index (χ3n) is 2.74. The molecule has 0 radical (unpaired) electrons. The number of hydrogen-bond acceptors (Lipinski definition) is 1. The van der Waals surface area contributed by atoms with Gasteiger partial charge in [0.25, 0.3) is 0 Å². The molecule has 1 aromatic carbocycles. The highest BCUT2D eigenvalue weighted by molar-refractivity contribution is 9.09. The van der Waals surface area contributed by atoms with Crippen molar-refractivity contribution in [3.8, 4) is 0 Å². The van der Waals surface area contributed by atoms with Crippen molar-refractivity contribution in [1.82, 2.24) is 4.90 Å². The van der Waals surface area contributed by atoms with E-state index < -0.39 is 0 Å². The number of carbonyl (C=O) groups excluding carboxylic acids is 1. The third kappa shape index (κ3) is 4.77. The molecule has 0 spiro atoms. The van der Waals surface area contributed by atoms with E-state index in [1.54, 1.807) is 12.1 Å². The Kier molecular flexibility index (Phi) is 6.33. The monoisotopic (exact) mass is 315 g/mol. The second kappa shape index (κ2) is 7.52. The molecule has 0 heterocycles. The van der Waals surface area contributed by atoms with Gasteiger partial charge >= 0.3 is 0 Å². The molecule has 1 rings (SSSR count). The minimum absolute atomic E-state index is 0.0950. The van der Waals surface area contributed by atoms with E-state index in [2.05, 4.69) is 15.9 Å². The van der Waals surface area contributed by atoms with Crippen LogP contribution in [0.2, 0.25) is 0 Å². The Bertz CT molecular complexity index is 378. The minimum Gasteiger partial charge on any atom is -0.340 e. The van der Waals surface area contributed by atoms with Gasteiger partial charge in [-0.15, -0.1) is 0 Å². The van der Waals surface area contributed by atoms with Gasteiger partial charge in [-0.3, -0.25) is 4.79 Å². The molecule has 2 nitrogen and oxygen atoms in total. The van der Waals surface area contributed by atoms with Crippen molar-refractivity contribution < 1.29 is 9.18 Å². The zero-order valence-electron chi connectivity index (χ0n) is 10.8. The van der Waals surface area contributed by atoms with Crippen molar-refractivity contribution in [3.63, 3.8) is 0 Å². The average Bonchev–Trinajstić information content (AvgIpc) is 2.32. The number of amides is 1. The largest absolute Gasteiger partial charge is 0.340 e. The van der Waals surface area contributed by atoms with Gasteiger partial charge in [-0.25, -0.2) is 4.39 Å². The maximum Gasteiger partial charge on any atom is 0.227 e. The Labute approximate surface area is 116 Å². The summed E-state index contributed by atoms with van der Waals surface area (Å²) in [6.07, 6.45) is 1.27. The molecule has 0 bridgehead atoms. The SMILES string of the molecule is CC(C)N(CCCBr)C(=O)Cc1ccc(F)cc1. The van der Waals surface area contributed by atoms with Crippen LogP contribution in [0.3, 0.4) is 0 Å². The highest BCUT2D eigenvalue weighted by atomic mass is 79.9. The summed E-state index contributed by atoms with van der Waals surface area (Å²) < 4.78 is 12.8. The summed E-state index contributed by atoms with van der Waals surface area (Å²) in [5.41, 5.74) is 0.853. The van der Waals surface area contributed by atoms with E-state index in [9.17, 15) is 9.18 Å². The average molecular weight is 316 g/mol. The molecule has 4 heteroatoms. The molecule has 1 aromatic rings. The summed E-state index contributed by atoms with van der Waals surface area (Å²) in [4.78, 5) is 14.0. The van der Waals surface area contributed by atoms with Gasteiger partial charge in [0.2, 0.25) is 5.91 Å². The summed E-state index contributed by atoms with van der Waals surface area (Å²) in [6.45, 7) is 4.77. The normalized spacial score (nSPS) is 10.7. The number of nitrogens with zero attached hydrogens (tertiary/aromatic N) is 1. The first-order valence-corrected chi connectivity index (χ1v) is 7.26. The van der Waals surface area contributed by atoms with Crippen LogP contribution < -0.4 is 0 Å². The first-order valence-electron chi connectivity index (χ1n) is 6.14. The van der Waals surface area contributed by atoms with Crippen LogP contribution in [0.25, 0.3) is 0 Å². The highest BCUT2D eigenvalue weighted by Gasteiger charge is 2.16. The van der Waals surface area contributed by atoms with E-state index in [0.717, 1.165) is 23.9 Å². The number of benzene rings is 1. The van der Waals surface area contributed by atoms with E-state index in [1.165, 1.54) is 12.1 Å². The first-order chi connectivity index (χ1) is 8.54. The van der Waals surface area contributed by atoms with Crippen LogP contribution in [-0.2, 0) is 11.2 Å². The van der Waals surface area contributed by atoms with Crippen molar-refractivity contribution >= 4 is 21.8 Å². The molecular weight excluding hydrogens is 297 g/mol. The predicted molar refractivity (Wildman–Crippen MR) is 75.4 cm³/mol. The molecule has 0 saturated carbocycles. The minimum atomic E-state index is -0.272. The molecule has 100 valence electrons. The lowest BCUT2D eigenvalue weighted by atomic mass is 10.1. The van der Waals surface area contributed by atoms with E-state index in [-0.39, 0.29) is 17.8 Å². The number of hydrogen-bond donors (Lipinski definition) is 0. The van der Waals surface area contributed by atoms with Gasteiger partial charge in [-0.1, -0.05) is 28.1 Å². The second-order valence-corrected chi connectivity index (χ2v) is 5.32. The zero-order chi connectivity index (χ0) is 13.5. The fraction of sp³-hybridized carbons (Fsp3) is 0.500. The molecule has 18 heavy (non-hydrogen) atoms. The van der Waals surface area contributed by atoms with Gasteiger partial charge < -0.3 is 4.90 Å². The Morgan fingerprint density at radius 2 is 1.94 bits per heavy atom. The molecule has 0 aromatic heterocycles. The zero-order valence-corrected chi connectivity index (χ0v) is 12.4. The van der Waals surface area contributed by atoms with Crippen molar-refractivity contribution in [2.75, 3.05) is 11.9 Å². The molecule has 0 aliphatic heterocycles. The van der Waals surface area contributed by atoms with Gasteiger partial charge in [0.1, 0.15) is 5.82 Å². The maximum absolute atomic E-state index is 12.8. The molecule has 1 amide bonds. The van der Waals surface area contributed by atoms with Crippen molar-refractivity contribution in [1.29, 1.82) is 0 Å². The standard InChI is InChI=1S/C14H19BrFNO/c1-11(2)17(9-3-8-15)14(18)10-12-4-6-13(16)7-5-12/h4-7,11H,3,8-10H2,1-2H3. The highest BCUT2D eigenvalue weighted by Crippen LogP contribution is 2.09. The molecule has 0 unspecified atom stereocenters. The summed E-state index contributed by atoms with van der Waals surface area (Å²) >= 11 is 3.37. The second-order valence-electron chi connectivity index (χ2n) is 4.53. The Morgan fingerprint density at radius 3 is 2.44 bits per heavy atom. The molecule has 0 aliphatic carbocycles. The third-order valence-corrected chi connectivity index (χ3v) is 3.31. The fourth-order valence-electron chi connectivity index (χ4n) is 1.78. The summed E-state index contributed by atoms with van der Waals surface area (Å²) in [5, 5.41) is 0.889. The van der Waals surface area contributed by atoms with Crippen LogP contribution in [0, 0.1) is 5.82 Å². The number of alkyl halides is 1. The van der Waals surface area contributed by atoms with Crippen molar-refractivity contribution in [2.24, 2.45) is 0 Å². The lowest BCUT2D eigenvalue weighted by molar-refractivity contribution is -0.132. The van der Waals surface area contributed by atoms with Gasteiger partial charge in [-0.2, -0.15) is 0 Å². The van der Waals surface area contributed by atoms with E-state index >= 15 is 0 Å². The Morgan fingerprint density at radius 1 is 1.33 bits per heavy atom. The smallest absolute Gasteiger partial charge is 0.227 e. The van der Waals surface area contributed by atoms with Crippen LogP contribution in [0.1, 0.15) is 25.8 Å². The van der Waals surface area contributed by atoms with E-state index in [0.29, 0.717) is 6.42 Å². The van der Waals surface area contributed by atoms with Gasteiger partial charge in [0.05, 0.1) is 6.42 Å². The lowest BCUT2D eigenvalue weighted by Crippen LogP contribution is -2.38. The van der Waals surface area contributed by atoms with E-state index in [1.807, 2.05) is 18.7 Å². The molecular formula is C14H19BrFNO. The number of rotatable bonds is 6. The molecule has 0 atom stereocenters. The van der Waals surface area contributed by atoms with Crippen LogP contribution in [0.5, 0.6) is 0 Å². The molecule has 0 saturated heterocycles.